The average molecular weight is 255 g/mol. The SMILES string of the molecule is N#Cc1ccccc1Nc1ccc(CCN)cc1F. The number of rotatable bonds is 4. The second kappa shape index (κ2) is 5.98. The van der Waals surface area contributed by atoms with Crippen molar-refractivity contribution in [3.05, 3.63) is 59.4 Å². The Morgan fingerprint density at radius 1 is 1.16 bits per heavy atom. The van der Waals surface area contributed by atoms with Gasteiger partial charge in [0.25, 0.3) is 0 Å². The maximum atomic E-state index is 13.9. The van der Waals surface area contributed by atoms with Gasteiger partial charge in [0.2, 0.25) is 0 Å². The Labute approximate surface area is 111 Å². The van der Waals surface area contributed by atoms with Gasteiger partial charge in [-0.25, -0.2) is 4.39 Å². The third-order valence-corrected chi connectivity index (χ3v) is 2.78. The van der Waals surface area contributed by atoms with E-state index in [9.17, 15) is 4.39 Å². The van der Waals surface area contributed by atoms with E-state index in [1.54, 1.807) is 30.3 Å². The van der Waals surface area contributed by atoms with E-state index < -0.39 is 0 Å². The van der Waals surface area contributed by atoms with E-state index in [0.717, 1.165) is 5.56 Å². The molecule has 2 rings (SSSR count). The van der Waals surface area contributed by atoms with E-state index in [-0.39, 0.29) is 5.82 Å². The normalized spacial score (nSPS) is 9.95. The molecule has 19 heavy (non-hydrogen) atoms. The van der Waals surface area contributed by atoms with E-state index in [1.165, 1.54) is 6.07 Å². The van der Waals surface area contributed by atoms with Crippen molar-refractivity contribution in [2.24, 2.45) is 5.73 Å². The number of benzene rings is 2. The third-order valence-electron chi connectivity index (χ3n) is 2.78. The van der Waals surface area contributed by atoms with Gasteiger partial charge in [-0.2, -0.15) is 5.26 Å². The molecule has 3 N–H and O–H groups in total. The minimum atomic E-state index is -0.348. The molecule has 2 aromatic rings. The van der Waals surface area contributed by atoms with Gasteiger partial charge in [-0.15, -0.1) is 0 Å². The van der Waals surface area contributed by atoms with E-state index in [2.05, 4.69) is 11.4 Å². The van der Waals surface area contributed by atoms with Crippen LogP contribution in [0.1, 0.15) is 11.1 Å². The highest BCUT2D eigenvalue weighted by Crippen LogP contribution is 2.23. The summed E-state index contributed by atoms with van der Waals surface area (Å²) in [5.41, 5.74) is 7.72. The molecule has 0 aliphatic heterocycles. The molecule has 0 heterocycles. The van der Waals surface area contributed by atoms with Crippen molar-refractivity contribution in [2.45, 2.75) is 6.42 Å². The summed E-state index contributed by atoms with van der Waals surface area (Å²) in [4.78, 5) is 0. The molecule has 0 amide bonds. The van der Waals surface area contributed by atoms with Crippen LogP contribution in [0.15, 0.2) is 42.5 Å². The first kappa shape index (κ1) is 13.1. The van der Waals surface area contributed by atoms with Crippen molar-refractivity contribution in [3.63, 3.8) is 0 Å². The molecule has 0 radical (unpaired) electrons. The van der Waals surface area contributed by atoms with Gasteiger partial charge in [0.15, 0.2) is 0 Å². The number of halogens is 1. The van der Waals surface area contributed by atoms with Gasteiger partial charge in [-0.05, 0) is 42.8 Å². The highest BCUT2D eigenvalue weighted by molar-refractivity contribution is 5.66. The van der Waals surface area contributed by atoms with Gasteiger partial charge >= 0.3 is 0 Å². The van der Waals surface area contributed by atoms with Crippen molar-refractivity contribution < 1.29 is 4.39 Å². The number of nitriles is 1. The van der Waals surface area contributed by atoms with Gasteiger partial charge < -0.3 is 11.1 Å². The number of anilines is 2. The molecule has 0 aromatic heterocycles. The average Bonchev–Trinajstić information content (AvgIpc) is 2.43. The minimum absolute atomic E-state index is 0.348. The number of para-hydroxylation sites is 1. The standard InChI is InChI=1S/C15H14FN3/c16-13-9-11(7-8-17)5-6-15(13)19-14-4-2-1-3-12(14)10-18/h1-6,9,19H,7-8,17H2. The molecule has 0 atom stereocenters. The molecular formula is C15H14FN3. The highest BCUT2D eigenvalue weighted by Gasteiger charge is 2.06. The predicted molar refractivity (Wildman–Crippen MR) is 73.6 cm³/mol. The van der Waals surface area contributed by atoms with E-state index >= 15 is 0 Å². The van der Waals surface area contributed by atoms with Crippen LogP contribution < -0.4 is 11.1 Å². The Kier molecular flexibility index (Phi) is 4.11. The topological polar surface area (TPSA) is 61.8 Å². The fourth-order valence-electron chi connectivity index (χ4n) is 1.82. The summed E-state index contributed by atoms with van der Waals surface area (Å²) >= 11 is 0. The number of nitrogens with two attached hydrogens (primary N) is 1. The Balaban J connectivity index is 2.26. The summed E-state index contributed by atoms with van der Waals surface area (Å²) in [6.45, 7) is 0.490. The smallest absolute Gasteiger partial charge is 0.146 e. The zero-order valence-electron chi connectivity index (χ0n) is 10.4. The lowest BCUT2D eigenvalue weighted by molar-refractivity contribution is 0.629. The summed E-state index contributed by atoms with van der Waals surface area (Å²) in [5.74, 6) is -0.348. The maximum absolute atomic E-state index is 13.9. The zero-order chi connectivity index (χ0) is 13.7. The van der Waals surface area contributed by atoms with Crippen molar-refractivity contribution in [3.8, 4) is 6.07 Å². The van der Waals surface area contributed by atoms with Crippen LogP contribution >= 0.6 is 0 Å². The molecule has 96 valence electrons. The van der Waals surface area contributed by atoms with E-state index in [4.69, 9.17) is 11.0 Å². The molecule has 0 aliphatic carbocycles. The van der Waals surface area contributed by atoms with Crippen molar-refractivity contribution >= 4 is 11.4 Å². The summed E-state index contributed by atoms with van der Waals surface area (Å²) in [7, 11) is 0. The highest BCUT2D eigenvalue weighted by atomic mass is 19.1. The second-order valence-corrected chi connectivity index (χ2v) is 4.14. The van der Waals surface area contributed by atoms with Crippen LogP contribution in [0.4, 0.5) is 15.8 Å². The van der Waals surface area contributed by atoms with Crippen LogP contribution in [-0.4, -0.2) is 6.54 Å². The molecule has 0 saturated carbocycles. The molecule has 2 aromatic carbocycles. The lowest BCUT2D eigenvalue weighted by Gasteiger charge is -2.10. The van der Waals surface area contributed by atoms with Gasteiger partial charge in [-0.3, -0.25) is 0 Å². The molecule has 0 unspecified atom stereocenters. The Morgan fingerprint density at radius 2 is 1.95 bits per heavy atom. The van der Waals surface area contributed by atoms with E-state index in [0.29, 0.717) is 29.9 Å². The lowest BCUT2D eigenvalue weighted by Crippen LogP contribution is -2.03. The van der Waals surface area contributed by atoms with Gasteiger partial charge in [0.1, 0.15) is 11.9 Å². The molecule has 0 aliphatic rings. The fourth-order valence-corrected chi connectivity index (χ4v) is 1.82. The van der Waals surface area contributed by atoms with Crippen LogP contribution in [0.5, 0.6) is 0 Å². The van der Waals surface area contributed by atoms with Crippen LogP contribution in [0, 0.1) is 17.1 Å². The van der Waals surface area contributed by atoms with Crippen molar-refractivity contribution in [1.82, 2.24) is 0 Å². The molecule has 0 saturated heterocycles. The second-order valence-electron chi connectivity index (χ2n) is 4.14. The number of hydrogen-bond acceptors (Lipinski definition) is 3. The van der Waals surface area contributed by atoms with Gasteiger partial charge in [0.05, 0.1) is 16.9 Å². The first-order valence-electron chi connectivity index (χ1n) is 5.99. The molecule has 4 heteroatoms. The van der Waals surface area contributed by atoms with Crippen molar-refractivity contribution in [2.75, 3.05) is 11.9 Å². The molecule has 3 nitrogen and oxygen atoms in total. The predicted octanol–water partition coefficient (Wildman–Crippen LogP) is 2.94. The first-order chi connectivity index (χ1) is 9.24. The van der Waals surface area contributed by atoms with E-state index in [1.807, 2.05) is 6.07 Å². The summed E-state index contributed by atoms with van der Waals surface area (Å²) in [6, 6.07) is 14.0. The number of nitrogens with one attached hydrogen (secondary N) is 1. The Hall–Kier alpha value is -2.38. The zero-order valence-corrected chi connectivity index (χ0v) is 10.4. The van der Waals surface area contributed by atoms with Gasteiger partial charge in [0, 0.05) is 0 Å². The monoisotopic (exact) mass is 255 g/mol. The summed E-state index contributed by atoms with van der Waals surface area (Å²) < 4.78 is 13.9. The molecular weight excluding hydrogens is 241 g/mol. The van der Waals surface area contributed by atoms with Gasteiger partial charge in [-0.1, -0.05) is 18.2 Å². The third kappa shape index (κ3) is 3.09. The molecule has 0 spiro atoms. The lowest BCUT2D eigenvalue weighted by atomic mass is 10.1. The van der Waals surface area contributed by atoms with Crippen LogP contribution in [0.3, 0.4) is 0 Å². The van der Waals surface area contributed by atoms with Crippen LogP contribution in [0.2, 0.25) is 0 Å². The van der Waals surface area contributed by atoms with Crippen LogP contribution in [-0.2, 0) is 6.42 Å². The maximum Gasteiger partial charge on any atom is 0.146 e. The number of nitrogens with zero attached hydrogens (tertiary/aromatic N) is 1. The Bertz CT molecular complexity index is 617. The van der Waals surface area contributed by atoms with Crippen molar-refractivity contribution in [1.29, 1.82) is 5.26 Å². The summed E-state index contributed by atoms with van der Waals surface area (Å²) in [5, 5.41) is 11.9. The quantitative estimate of drug-likeness (QED) is 0.883. The van der Waals surface area contributed by atoms with Crippen LogP contribution in [0.25, 0.3) is 0 Å². The summed E-state index contributed by atoms with van der Waals surface area (Å²) in [6.07, 6.45) is 0.645. The number of hydrogen-bond donors (Lipinski definition) is 2. The largest absolute Gasteiger partial charge is 0.352 e. The fraction of sp³-hybridized carbons (Fsp3) is 0.133. The first-order valence-corrected chi connectivity index (χ1v) is 5.99. The minimum Gasteiger partial charge on any atom is -0.352 e. The molecule has 0 bridgehead atoms. The molecule has 0 fully saturated rings. The Morgan fingerprint density at radius 3 is 2.63 bits per heavy atom.